The summed E-state index contributed by atoms with van der Waals surface area (Å²) in [6.07, 6.45) is 0. The first-order valence-corrected chi connectivity index (χ1v) is 8.47. The molecule has 2 aromatic rings. The summed E-state index contributed by atoms with van der Waals surface area (Å²) in [4.78, 5) is 12.1. The molecule has 7 heteroatoms. The number of halogens is 2. The lowest BCUT2D eigenvalue weighted by Crippen LogP contribution is -2.31. The summed E-state index contributed by atoms with van der Waals surface area (Å²) < 4.78 is 16.8. The van der Waals surface area contributed by atoms with E-state index in [1.165, 1.54) is 0 Å². The Balaban J connectivity index is 1.56. The molecule has 3 rings (SSSR count). The van der Waals surface area contributed by atoms with Crippen LogP contribution in [0, 0.1) is 0 Å². The second kappa shape index (κ2) is 7.32. The number of carbonyl (C=O) groups is 1. The summed E-state index contributed by atoms with van der Waals surface area (Å²) in [7, 11) is 0. The molecule has 0 saturated heterocycles. The highest BCUT2D eigenvalue weighted by Gasteiger charge is 2.17. The number of hydrogen-bond donors (Lipinski definition) is 1. The van der Waals surface area contributed by atoms with E-state index in [1.54, 1.807) is 18.2 Å². The van der Waals surface area contributed by atoms with Crippen LogP contribution in [0.5, 0.6) is 17.2 Å². The zero-order chi connectivity index (χ0) is 17.1. The molecule has 1 aliphatic rings. The SMILES string of the molecule is C[C@@H](NC(=O)COc1ccc(Cl)cc1Br)c1ccc2c(c1)OCO2. The van der Waals surface area contributed by atoms with Crippen LogP contribution in [0.15, 0.2) is 40.9 Å². The first-order chi connectivity index (χ1) is 11.5. The van der Waals surface area contributed by atoms with Crippen LogP contribution < -0.4 is 19.5 Å². The summed E-state index contributed by atoms with van der Waals surface area (Å²) >= 11 is 9.22. The molecule has 24 heavy (non-hydrogen) atoms. The minimum atomic E-state index is -0.220. The van der Waals surface area contributed by atoms with Gasteiger partial charge in [0.1, 0.15) is 5.75 Å². The van der Waals surface area contributed by atoms with Crippen molar-refractivity contribution in [2.75, 3.05) is 13.4 Å². The fourth-order valence-electron chi connectivity index (χ4n) is 2.28. The number of carbonyl (C=O) groups excluding carboxylic acids is 1. The third-order valence-electron chi connectivity index (χ3n) is 3.53. The van der Waals surface area contributed by atoms with Crippen molar-refractivity contribution in [2.45, 2.75) is 13.0 Å². The number of nitrogens with one attached hydrogen (secondary N) is 1. The van der Waals surface area contributed by atoms with Crippen molar-refractivity contribution < 1.29 is 19.0 Å². The molecule has 0 aromatic heterocycles. The molecule has 126 valence electrons. The van der Waals surface area contributed by atoms with Crippen LogP contribution in [0.3, 0.4) is 0 Å². The second-order valence-electron chi connectivity index (χ2n) is 5.27. The van der Waals surface area contributed by atoms with Gasteiger partial charge in [0.15, 0.2) is 18.1 Å². The van der Waals surface area contributed by atoms with Gasteiger partial charge in [-0.3, -0.25) is 4.79 Å². The summed E-state index contributed by atoms with van der Waals surface area (Å²) in [5, 5.41) is 3.48. The molecule has 1 heterocycles. The predicted octanol–water partition coefficient (Wildman–Crippen LogP) is 4.09. The number of ether oxygens (including phenoxy) is 3. The quantitative estimate of drug-likeness (QED) is 0.804. The third-order valence-corrected chi connectivity index (χ3v) is 4.38. The van der Waals surface area contributed by atoms with E-state index in [-0.39, 0.29) is 25.3 Å². The summed E-state index contributed by atoms with van der Waals surface area (Å²) in [5.74, 6) is 1.75. The molecule has 1 N–H and O–H groups in total. The van der Waals surface area contributed by atoms with Gasteiger partial charge in [0.25, 0.3) is 5.91 Å². The molecule has 0 aliphatic carbocycles. The van der Waals surface area contributed by atoms with Crippen molar-refractivity contribution in [3.63, 3.8) is 0 Å². The Morgan fingerprint density at radius 1 is 1.29 bits per heavy atom. The van der Waals surface area contributed by atoms with Crippen LogP contribution in [-0.2, 0) is 4.79 Å². The molecule has 5 nitrogen and oxygen atoms in total. The first-order valence-electron chi connectivity index (χ1n) is 7.29. The van der Waals surface area contributed by atoms with Gasteiger partial charge in [-0.25, -0.2) is 0 Å². The Kier molecular flexibility index (Phi) is 5.16. The number of hydrogen-bond acceptors (Lipinski definition) is 4. The molecule has 0 fully saturated rings. The average molecular weight is 413 g/mol. The fraction of sp³-hybridized carbons (Fsp3) is 0.235. The van der Waals surface area contributed by atoms with Gasteiger partial charge in [0.2, 0.25) is 6.79 Å². The first kappa shape index (κ1) is 16.9. The molecular formula is C17H15BrClNO4. The maximum atomic E-state index is 12.1. The van der Waals surface area contributed by atoms with Gasteiger partial charge in [-0.1, -0.05) is 17.7 Å². The van der Waals surface area contributed by atoms with Crippen LogP contribution in [0.4, 0.5) is 0 Å². The van der Waals surface area contributed by atoms with Gasteiger partial charge in [0, 0.05) is 5.02 Å². The van der Waals surface area contributed by atoms with Crippen LogP contribution in [0.2, 0.25) is 5.02 Å². The Bertz CT molecular complexity index is 768. The van der Waals surface area contributed by atoms with E-state index in [0.29, 0.717) is 26.7 Å². The summed E-state index contributed by atoms with van der Waals surface area (Å²) in [6.45, 7) is 2.03. The fourth-order valence-corrected chi connectivity index (χ4v) is 3.08. The van der Waals surface area contributed by atoms with Crippen molar-refractivity contribution in [1.82, 2.24) is 5.32 Å². The van der Waals surface area contributed by atoms with Gasteiger partial charge < -0.3 is 19.5 Å². The smallest absolute Gasteiger partial charge is 0.258 e. The molecule has 0 bridgehead atoms. The van der Waals surface area contributed by atoms with Crippen LogP contribution in [0.25, 0.3) is 0 Å². The van der Waals surface area contributed by atoms with E-state index in [0.717, 1.165) is 5.56 Å². The monoisotopic (exact) mass is 411 g/mol. The normalized spacial score (nSPS) is 13.5. The van der Waals surface area contributed by atoms with Gasteiger partial charge in [-0.2, -0.15) is 0 Å². The highest BCUT2D eigenvalue weighted by Crippen LogP contribution is 2.34. The Labute approximate surface area is 153 Å². The van der Waals surface area contributed by atoms with E-state index < -0.39 is 0 Å². The molecule has 0 spiro atoms. The van der Waals surface area contributed by atoms with Crippen molar-refractivity contribution in [2.24, 2.45) is 0 Å². The lowest BCUT2D eigenvalue weighted by atomic mass is 10.1. The zero-order valence-electron chi connectivity index (χ0n) is 12.8. The van der Waals surface area contributed by atoms with E-state index in [4.69, 9.17) is 25.8 Å². The number of benzene rings is 2. The van der Waals surface area contributed by atoms with E-state index in [9.17, 15) is 4.79 Å². The lowest BCUT2D eigenvalue weighted by Gasteiger charge is -2.15. The molecule has 1 amide bonds. The maximum absolute atomic E-state index is 12.1. The lowest BCUT2D eigenvalue weighted by molar-refractivity contribution is -0.123. The van der Waals surface area contributed by atoms with E-state index in [2.05, 4.69) is 21.2 Å². The molecule has 1 aliphatic heterocycles. The standard InChI is InChI=1S/C17H15BrClNO4/c1-10(11-2-4-15-16(6-11)24-9-23-15)20-17(21)8-22-14-5-3-12(19)7-13(14)18/h2-7,10H,8-9H2,1H3,(H,20,21)/t10-/m1/s1. The predicted molar refractivity (Wildman–Crippen MR) is 93.8 cm³/mol. The minimum Gasteiger partial charge on any atom is -0.483 e. The van der Waals surface area contributed by atoms with Crippen molar-refractivity contribution >= 4 is 33.4 Å². The Hall–Kier alpha value is -1.92. The molecule has 0 saturated carbocycles. The number of fused-ring (bicyclic) bond motifs is 1. The highest BCUT2D eigenvalue weighted by atomic mass is 79.9. The van der Waals surface area contributed by atoms with Crippen molar-refractivity contribution in [3.05, 3.63) is 51.5 Å². The number of amides is 1. The Morgan fingerprint density at radius 2 is 2.08 bits per heavy atom. The molecule has 0 radical (unpaired) electrons. The molecule has 0 unspecified atom stereocenters. The van der Waals surface area contributed by atoms with Gasteiger partial charge in [-0.05, 0) is 58.7 Å². The molecule has 2 aromatic carbocycles. The minimum absolute atomic E-state index is 0.0882. The van der Waals surface area contributed by atoms with Crippen LogP contribution in [0.1, 0.15) is 18.5 Å². The van der Waals surface area contributed by atoms with Gasteiger partial charge in [-0.15, -0.1) is 0 Å². The molecule has 1 atom stereocenters. The van der Waals surface area contributed by atoms with E-state index >= 15 is 0 Å². The van der Waals surface area contributed by atoms with Gasteiger partial charge in [0.05, 0.1) is 10.5 Å². The van der Waals surface area contributed by atoms with Crippen LogP contribution >= 0.6 is 27.5 Å². The van der Waals surface area contributed by atoms with Crippen LogP contribution in [-0.4, -0.2) is 19.3 Å². The third kappa shape index (κ3) is 3.94. The summed E-state index contributed by atoms with van der Waals surface area (Å²) in [6, 6.07) is 10.5. The largest absolute Gasteiger partial charge is 0.483 e. The molecular weight excluding hydrogens is 398 g/mol. The summed E-state index contributed by atoms with van der Waals surface area (Å²) in [5.41, 5.74) is 0.931. The number of rotatable bonds is 5. The topological polar surface area (TPSA) is 56.8 Å². The van der Waals surface area contributed by atoms with Crippen molar-refractivity contribution in [1.29, 1.82) is 0 Å². The highest BCUT2D eigenvalue weighted by molar-refractivity contribution is 9.10. The van der Waals surface area contributed by atoms with Crippen molar-refractivity contribution in [3.8, 4) is 17.2 Å². The Morgan fingerprint density at radius 3 is 2.88 bits per heavy atom. The zero-order valence-corrected chi connectivity index (χ0v) is 15.2. The van der Waals surface area contributed by atoms with Gasteiger partial charge >= 0.3 is 0 Å². The maximum Gasteiger partial charge on any atom is 0.258 e. The second-order valence-corrected chi connectivity index (χ2v) is 6.56. The van der Waals surface area contributed by atoms with E-state index in [1.807, 2.05) is 25.1 Å². The average Bonchev–Trinajstić information content (AvgIpc) is 3.01.